The summed E-state index contributed by atoms with van der Waals surface area (Å²) in [7, 11) is 1.39. The van der Waals surface area contributed by atoms with Crippen molar-refractivity contribution in [3.8, 4) is 0 Å². The fourth-order valence-corrected chi connectivity index (χ4v) is 4.95. The number of carbonyl (C=O) groups excluding carboxylic acids is 1. The van der Waals surface area contributed by atoms with Gasteiger partial charge in [-0.05, 0) is 11.5 Å². The van der Waals surface area contributed by atoms with Gasteiger partial charge in [-0.2, -0.15) is 0 Å². The van der Waals surface area contributed by atoms with Crippen molar-refractivity contribution in [1.82, 2.24) is 0 Å². The van der Waals surface area contributed by atoms with Gasteiger partial charge in [-0.1, -0.05) is 26.8 Å². The minimum absolute atomic E-state index is 0.374. The molecule has 1 saturated heterocycles. The van der Waals surface area contributed by atoms with Crippen LogP contribution in [0.1, 0.15) is 20.8 Å². The molecule has 1 saturated carbocycles. The minimum Gasteiger partial charge on any atom is -0.456 e. The molecule has 0 amide bonds. The van der Waals surface area contributed by atoms with Crippen LogP contribution in [-0.4, -0.2) is 69.6 Å². The highest BCUT2D eigenvalue weighted by Gasteiger charge is 2.81. The van der Waals surface area contributed by atoms with Crippen molar-refractivity contribution in [1.29, 1.82) is 0 Å². The quantitative estimate of drug-likeness (QED) is 0.387. The number of aliphatic hydroxyl groups is 4. The van der Waals surface area contributed by atoms with Crippen molar-refractivity contribution in [3.63, 3.8) is 0 Å². The molecule has 0 spiro atoms. The Bertz CT molecular complexity index is 573. The molecule has 2 bridgehead atoms. The van der Waals surface area contributed by atoms with Crippen LogP contribution in [0.4, 0.5) is 0 Å². The van der Waals surface area contributed by atoms with Gasteiger partial charge in [0.05, 0.1) is 12.0 Å². The Hall–Kier alpha value is -0.990. The average molecular weight is 328 g/mol. The van der Waals surface area contributed by atoms with Crippen molar-refractivity contribution >= 4 is 5.97 Å². The smallest absolute Gasteiger partial charge is 0.315 e. The Morgan fingerprint density at radius 2 is 2.00 bits per heavy atom. The summed E-state index contributed by atoms with van der Waals surface area (Å²) in [6, 6.07) is 0. The standard InChI is InChI=1S/C16H24O7/c1-7(2)15(20)10-13(19)23-12(15)11(22-4)14(3)8(6-17)5-9(18)16(10,14)21/h5,7,9-12,17-18,20-21H,6H2,1-4H3/t9-,10+,11-,12+,14-,15-,16-/m1/s1. The Morgan fingerprint density at radius 3 is 2.48 bits per heavy atom. The second kappa shape index (κ2) is 4.77. The highest BCUT2D eigenvalue weighted by molar-refractivity contribution is 5.81. The van der Waals surface area contributed by atoms with Crippen LogP contribution in [0.25, 0.3) is 0 Å². The Kier molecular flexibility index (Phi) is 3.49. The summed E-state index contributed by atoms with van der Waals surface area (Å²) in [5.41, 5.74) is -4.57. The van der Waals surface area contributed by atoms with Crippen LogP contribution >= 0.6 is 0 Å². The lowest BCUT2D eigenvalue weighted by molar-refractivity contribution is -0.276. The fraction of sp³-hybridized carbons (Fsp3) is 0.812. The van der Waals surface area contributed by atoms with E-state index in [2.05, 4.69) is 0 Å². The number of esters is 1. The van der Waals surface area contributed by atoms with E-state index in [-0.39, 0.29) is 0 Å². The summed E-state index contributed by atoms with van der Waals surface area (Å²) in [4.78, 5) is 12.5. The van der Waals surface area contributed by atoms with Crippen LogP contribution in [0.5, 0.6) is 0 Å². The van der Waals surface area contributed by atoms with E-state index in [0.717, 1.165) is 0 Å². The van der Waals surface area contributed by atoms with Gasteiger partial charge < -0.3 is 29.9 Å². The fourth-order valence-electron chi connectivity index (χ4n) is 4.95. The molecule has 4 N–H and O–H groups in total. The van der Waals surface area contributed by atoms with Crippen molar-refractivity contribution in [3.05, 3.63) is 11.6 Å². The van der Waals surface area contributed by atoms with Gasteiger partial charge in [-0.25, -0.2) is 0 Å². The minimum atomic E-state index is -2.02. The first kappa shape index (κ1) is 16.9. The molecule has 3 rings (SSSR count). The van der Waals surface area contributed by atoms with E-state index < -0.39 is 59.3 Å². The van der Waals surface area contributed by atoms with E-state index in [1.54, 1.807) is 20.8 Å². The lowest BCUT2D eigenvalue weighted by Crippen LogP contribution is -2.76. The lowest BCUT2D eigenvalue weighted by Gasteiger charge is -2.58. The molecule has 23 heavy (non-hydrogen) atoms. The molecule has 7 nitrogen and oxygen atoms in total. The molecule has 130 valence electrons. The van der Waals surface area contributed by atoms with Gasteiger partial charge in [-0.3, -0.25) is 4.79 Å². The zero-order valence-corrected chi connectivity index (χ0v) is 13.7. The first-order valence-electron chi connectivity index (χ1n) is 7.79. The van der Waals surface area contributed by atoms with Crippen LogP contribution in [0.3, 0.4) is 0 Å². The molecule has 0 aromatic heterocycles. The Labute approximate surface area is 134 Å². The molecule has 3 aliphatic rings. The second-order valence-corrected chi connectivity index (χ2v) is 7.31. The van der Waals surface area contributed by atoms with E-state index in [0.29, 0.717) is 5.57 Å². The summed E-state index contributed by atoms with van der Waals surface area (Å²) in [5, 5.41) is 42.9. The van der Waals surface area contributed by atoms with E-state index >= 15 is 0 Å². The molecule has 0 radical (unpaired) electrons. The summed E-state index contributed by atoms with van der Waals surface area (Å²) in [6.07, 6.45) is -1.97. The van der Waals surface area contributed by atoms with Gasteiger partial charge in [0, 0.05) is 7.11 Å². The third-order valence-corrected chi connectivity index (χ3v) is 6.34. The molecule has 1 aliphatic heterocycles. The highest BCUT2D eigenvalue weighted by atomic mass is 16.6. The van der Waals surface area contributed by atoms with E-state index in [1.165, 1.54) is 13.2 Å². The summed E-state index contributed by atoms with van der Waals surface area (Å²) in [6.45, 7) is 4.68. The second-order valence-electron chi connectivity index (χ2n) is 7.31. The number of aliphatic hydroxyl groups excluding tert-OH is 2. The third kappa shape index (κ3) is 1.55. The molecule has 0 unspecified atom stereocenters. The van der Waals surface area contributed by atoms with E-state index in [9.17, 15) is 25.2 Å². The van der Waals surface area contributed by atoms with Gasteiger partial charge in [0.1, 0.15) is 29.3 Å². The number of carbonyl (C=O) groups is 1. The van der Waals surface area contributed by atoms with Crippen molar-refractivity contribution in [2.24, 2.45) is 17.3 Å². The average Bonchev–Trinajstić information content (AvgIpc) is 2.82. The summed E-state index contributed by atoms with van der Waals surface area (Å²) in [5.74, 6) is -2.50. The zero-order valence-electron chi connectivity index (χ0n) is 13.7. The number of ether oxygens (including phenoxy) is 2. The van der Waals surface area contributed by atoms with Gasteiger partial charge in [0.25, 0.3) is 0 Å². The third-order valence-electron chi connectivity index (χ3n) is 6.34. The SMILES string of the molecule is CO[C@@H]1[C@@H]2OC(=O)[C@@H]([C@]2(O)C(C)C)[C@]2(O)[C@H](O)C=C(CO)[C@]12C. The van der Waals surface area contributed by atoms with Crippen LogP contribution in [0.2, 0.25) is 0 Å². The topological polar surface area (TPSA) is 116 Å². The van der Waals surface area contributed by atoms with E-state index in [1.807, 2.05) is 0 Å². The normalized spacial score (nSPS) is 51.7. The van der Waals surface area contributed by atoms with Crippen molar-refractivity contribution in [2.75, 3.05) is 13.7 Å². The van der Waals surface area contributed by atoms with E-state index in [4.69, 9.17) is 9.47 Å². The molecule has 1 heterocycles. The molecule has 0 aromatic rings. The van der Waals surface area contributed by atoms with Gasteiger partial charge in [-0.15, -0.1) is 0 Å². The summed E-state index contributed by atoms with van der Waals surface area (Å²) < 4.78 is 10.9. The first-order chi connectivity index (χ1) is 10.6. The molecule has 7 atom stereocenters. The lowest BCUT2D eigenvalue weighted by atomic mass is 9.50. The highest BCUT2D eigenvalue weighted by Crippen LogP contribution is 2.65. The molecule has 2 aliphatic carbocycles. The molecule has 7 heteroatoms. The maximum Gasteiger partial charge on any atom is 0.315 e. The number of rotatable bonds is 3. The first-order valence-corrected chi connectivity index (χ1v) is 7.79. The Balaban J connectivity index is 2.29. The van der Waals surface area contributed by atoms with Crippen LogP contribution in [0, 0.1) is 17.3 Å². The van der Waals surface area contributed by atoms with Gasteiger partial charge >= 0.3 is 5.97 Å². The Morgan fingerprint density at radius 1 is 1.39 bits per heavy atom. The number of hydrogen-bond donors (Lipinski definition) is 4. The van der Waals surface area contributed by atoms with Crippen LogP contribution in [0.15, 0.2) is 11.6 Å². The maximum atomic E-state index is 12.5. The van der Waals surface area contributed by atoms with Crippen molar-refractivity contribution < 1.29 is 34.7 Å². The number of fused-ring (bicyclic) bond motifs is 4. The monoisotopic (exact) mass is 328 g/mol. The molecule has 0 aromatic carbocycles. The maximum absolute atomic E-state index is 12.5. The van der Waals surface area contributed by atoms with Crippen LogP contribution < -0.4 is 0 Å². The molecular formula is C16H24O7. The largest absolute Gasteiger partial charge is 0.456 e. The van der Waals surface area contributed by atoms with Crippen molar-refractivity contribution in [2.45, 2.75) is 50.3 Å². The molecular weight excluding hydrogens is 304 g/mol. The summed E-state index contributed by atoms with van der Waals surface area (Å²) >= 11 is 0. The van der Waals surface area contributed by atoms with Gasteiger partial charge in [0.2, 0.25) is 0 Å². The predicted molar refractivity (Wildman–Crippen MR) is 78.2 cm³/mol. The zero-order chi connectivity index (χ0) is 17.4. The number of hydrogen-bond acceptors (Lipinski definition) is 7. The molecule has 2 fully saturated rings. The van der Waals surface area contributed by atoms with Crippen LogP contribution in [-0.2, 0) is 14.3 Å². The number of methoxy groups -OCH3 is 1. The predicted octanol–water partition coefficient (Wildman–Crippen LogP) is -1.03. The van der Waals surface area contributed by atoms with Gasteiger partial charge in [0.15, 0.2) is 6.10 Å².